The molecule has 2 aliphatic rings. The lowest BCUT2D eigenvalue weighted by Crippen LogP contribution is -2.42. The summed E-state index contributed by atoms with van der Waals surface area (Å²) < 4.78 is 18.1. The molecule has 4 atom stereocenters. The van der Waals surface area contributed by atoms with Crippen molar-refractivity contribution in [2.75, 3.05) is 13.6 Å². The predicted molar refractivity (Wildman–Crippen MR) is 123 cm³/mol. The third-order valence-electron chi connectivity index (χ3n) is 6.66. The lowest BCUT2D eigenvalue weighted by Gasteiger charge is -2.35. The summed E-state index contributed by atoms with van der Waals surface area (Å²) in [5.74, 6) is 0.114. The van der Waals surface area contributed by atoms with Gasteiger partial charge in [0.2, 0.25) is 6.29 Å². The lowest BCUT2D eigenvalue weighted by molar-refractivity contribution is -0.195. The SMILES string of the molecule is CCN(C)C1CCc2c(ccc(OCc3ccccc3)c2OC2CC(O)CC(C(=O)O)O2)C1. The van der Waals surface area contributed by atoms with Crippen molar-refractivity contribution in [1.82, 2.24) is 4.90 Å². The minimum Gasteiger partial charge on any atom is -0.485 e. The number of aliphatic hydroxyl groups is 1. The summed E-state index contributed by atoms with van der Waals surface area (Å²) in [6.45, 7) is 3.55. The molecule has 2 aromatic carbocycles. The lowest BCUT2D eigenvalue weighted by atomic mass is 9.86. The smallest absolute Gasteiger partial charge is 0.333 e. The maximum Gasteiger partial charge on any atom is 0.333 e. The van der Waals surface area contributed by atoms with Crippen LogP contribution in [0, 0.1) is 0 Å². The van der Waals surface area contributed by atoms with E-state index in [4.69, 9.17) is 14.2 Å². The Labute approximate surface area is 194 Å². The summed E-state index contributed by atoms with van der Waals surface area (Å²) in [7, 11) is 2.15. The van der Waals surface area contributed by atoms with Crippen LogP contribution in [0.25, 0.3) is 0 Å². The normalized spacial score (nSPS) is 24.8. The molecule has 0 spiro atoms. The van der Waals surface area contributed by atoms with E-state index in [2.05, 4.69) is 24.9 Å². The molecular formula is C26H33NO6. The van der Waals surface area contributed by atoms with Crippen molar-refractivity contribution in [3.63, 3.8) is 0 Å². The molecule has 4 rings (SSSR count). The number of rotatable bonds is 8. The monoisotopic (exact) mass is 455 g/mol. The molecule has 0 aromatic heterocycles. The molecule has 0 saturated carbocycles. The minimum absolute atomic E-state index is 0.0600. The average Bonchev–Trinajstić information content (AvgIpc) is 2.83. The van der Waals surface area contributed by atoms with E-state index < -0.39 is 24.5 Å². The Morgan fingerprint density at radius 2 is 1.97 bits per heavy atom. The van der Waals surface area contributed by atoms with Crippen LogP contribution in [-0.2, 0) is 29.0 Å². The number of ether oxygens (including phenoxy) is 3. The topological polar surface area (TPSA) is 88.5 Å². The van der Waals surface area contributed by atoms with E-state index in [1.807, 2.05) is 36.4 Å². The van der Waals surface area contributed by atoms with Crippen LogP contribution in [0.3, 0.4) is 0 Å². The van der Waals surface area contributed by atoms with Crippen molar-refractivity contribution in [3.05, 3.63) is 59.2 Å². The Hall–Kier alpha value is -2.61. The van der Waals surface area contributed by atoms with Gasteiger partial charge in [-0.05, 0) is 50.0 Å². The van der Waals surface area contributed by atoms with E-state index in [9.17, 15) is 15.0 Å². The highest BCUT2D eigenvalue weighted by Gasteiger charge is 2.35. The van der Waals surface area contributed by atoms with Gasteiger partial charge in [0.1, 0.15) is 6.61 Å². The van der Waals surface area contributed by atoms with Crippen LogP contribution in [0.15, 0.2) is 42.5 Å². The van der Waals surface area contributed by atoms with Gasteiger partial charge in [-0.2, -0.15) is 0 Å². The van der Waals surface area contributed by atoms with Gasteiger partial charge in [0.05, 0.1) is 6.10 Å². The molecule has 0 bridgehead atoms. The van der Waals surface area contributed by atoms with Crippen molar-refractivity contribution in [2.24, 2.45) is 0 Å². The van der Waals surface area contributed by atoms with Gasteiger partial charge in [-0.25, -0.2) is 4.79 Å². The number of nitrogens with zero attached hydrogens (tertiary/aromatic N) is 1. The van der Waals surface area contributed by atoms with Crippen LogP contribution in [0.4, 0.5) is 0 Å². The first-order valence-electron chi connectivity index (χ1n) is 11.7. The van der Waals surface area contributed by atoms with Gasteiger partial charge in [-0.3, -0.25) is 0 Å². The van der Waals surface area contributed by atoms with Crippen molar-refractivity contribution in [3.8, 4) is 11.5 Å². The fraction of sp³-hybridized carbons (Fsp3) is 0.500. The van der Waals surface area contributed by atoms with Crippen LogP contribution in [0.5, 0.6) is 11.5 Å². The summed E-state index contributed by atoms with van der Waals surface area (Å²) in [5, 5.41) is 19.6. The van der Waals surface area contributed by atoms with Gasteiger partial charge in [-0.1, -0.05) is 43.3 Å². The van der Waals surface area contributed by atoms with E-state index >= 15 is 0 Å². The highest BCUT2D eigenvalue weighted by molar-refractivity contribution is 5.72. The largest absolute Gasteiger partial charge is 0.485 e. The van der Waals surface area contributed by atoms with Crippen LogP contribution in [0.1, 0.15) is 42.9 Å². The molecule has 1 heterocycles. The van der Waals surface area contributed by atoms with Crippen molar-refractivity contribution < 1.29 is 29.2 Å². The van der Waals surface area contributed by atoms with Crippen molar-refractivity contribution in [1.29, 1.82) is 0 Å². The number of hydrogen-bond donors (Lipinski definition) is 2. The minimum atomic E-state index is -1.09. The quantitative estimate of drug-likeness (QED) is 0.631. The zero-order chi connectivity index (χ0) is 23.4. The molecule has 4 unspecified atom stereocenters. The number of carboxylic acid groups (broad SMARTS) is 1. The molecule has 0 amide bonds. The van der Waals surface area contributed by atoms with Crippen molar-refractivity contribution >= 4 is 5.97 Å². The van der Waals surface area contributed by atoms with Crippen LogP contribution in [0.2, 0.25) is 0 Å². The van der Waals surface area contributed by atoms with E-state index in [1.54, 1.807) is 0 Å². The highest BCUT2D eigenvalue weighted by atomic mass is 16.7. The number of carboxylic acids is 1. The molecule has 1 fully saturated rings. The molecule has 178 valence electrons. The molecule has 0 radical (unpaired) electrons. The van der Waals surface area contributed by atoms with Gasteiger partial charge in [0.15, 0.2) is 17.6 Å². The maximum absolute atomic E-state index is 11.5. The van der Waals surface area contributed by atoms with E-state index in [-0.39, 0.29) is 12.8 Å². The third kappa shape index (κ3) is 5.66. The Kier molecular flexibility index (Phi) is 7.53. The van der Waals surface area contributed by atoms with Crippen LogP contribution < -0.4 is 9.47 Å². The number of hydrogen-bond acceptors (Lipinski definition) is 6. The zero-order valence-corrected chi connectivity index (χ0v) is 19.3. The average molecular weight is 456 g/mol. The molecule has 2 N–H and O–H groups in total. The summed E-state index contributed by atoms with van der Waals surface area (Å²) in [4.78, 5) is 13.8. The molecule has 33 heavy (non-hydrogen) atoms. The molecule has 7 heteroatoms. The second kappa shape index (κ2) is 10.5. The molecular weight excluding hydrogens is 422 g/mol. The fourth-order valence-corrected chi connectivity index (χ4v) is 4.62. The van der Waals surface area contributed by atoms with E-state index in [1.165, 1.54) is 5.56 Å². The summed E-state index contributed by atoms with van der Waals surface area (Å²) in [6.07, 6.45) is 0.298. The summed E-state index contributed by atoms with van der Waals surface area (Å²) in [6, 6.07) is 14.4. The number of carbonyl (C=O) groups is 1. The Morgan fingerprint density at radius 3 is 2.70 bits per heavy atom. The number of benzene rings is 2. The Morgan fingerprint density at radius 1 is 1.18 bits per heavy atom. The van der Waals surface area contributed by atoms with Gasteiger partial charge in [0, 0.05) is 24.4 Å². The third-order valence-corrected chi connectivity index (χ3v) is 6.66. The van der Waals surface area contributed by atoms with E-state index in [0.29, 0.717) is 24.1 Å². The van der Waals surface area contributed by atoms with Gasteiger partial charge >= 0.3 is 5.97 Å². The summed E-state index contributed by atoms with van der Waals surface area (Å²) >= 11 is 0. The number of likely N-dealkylation sites (N-methyl/N-ethyl adjacent to an activating group) is 1. The molecule has 1 aliphatic heterocycles. The number of aliphatic hydroxyl groups excluding tert-OH is 1. The first kappa shape index (κ1) is 23.5. The van der Waals surface area contributed by atoms with Crippen molar-refractivity contribution in [2.45, 2.75) is 70.2 Å². The fourth-order valence-electron chi connectivity index (χ4n) is 4.62. The predicted octanol–water partition coefficient (Wildman–Crippen LogP) is 3.40. The maximum atomic E-state index is 11.5. The molecule has 2 aromatic rings. The Bertz CT molecular complexity index is 949. The van der Waals surface area contributed by atoms with Crippen LogP contribution in [-0.4, -0.2) is 59.2 Å². The van der Waals surface area contributed by atoms with Gasteiger partial charge < -0.3 is 29.3 Å². The first-order valence-corrected chi connectivity index (χ1v) is 11.7. The molecule has 1 saturated heterocycles. The first-order chi connectivity index (χ1) is 15.9. The Balaban J connectivity index is 1.60. The van der Waals surface area contributed by atoms with Gasteiger partial charge in [0.25, 0.3) is 0 Å². The second-order valence-corrected chi connectivity index (χ2v) is 8.91. The highest BCUT2D eigenvalue weighted by Crippen LogP contribution is 2.40. The number of fused-ring (bicyclic) bond motifs is 1. The van der Waals surface area contributed by atoms with Crippen LogP contribution >= 0.6 is 0 Å². The zero-order valence-electron chi connectivity index (χ0n) is 19.3. The number of aliphatic carboxylic acids is 1. The summed E-state index contributed by atoms with van der Waals surface area (Å²) in [5.41, 5.74) is 3.33. The van der Waals surface area contributed by atoms with E-state index in [0.717, 1.165) is 36.9 Å². The molecule has 1 aliphatic carbocycles. The second-order valence-electron chi connectivity index (χ2n) is 8.91. The molecule has 7 nitrogen and oxygen atoms in total. The standard InChI is InChI=1S/C26H33NO6/c1-3-27(2)19-10-11-21-18(13-19)9-12-22(31-16-17-7-5-4-6-8-17)25(21)33-24-15-20(28)14-23(32-24)26(29)30/h4-9,12,19-20,23-24,28H,3,10-11,13-16H2,1-2H3,(H,29,30). The van der Waals surface area contributed by atoms with Gasteiger partial charge in [-0.15, -0.1) is 0 Å².